The van der Waals surface area contributed by atoms with Crippen molar-refractivity contribution in [1.82, 2.24) is 4.98 Å². The van der Waals surface area contributed by atoms with Crippen molar-refractivity contribution < 1.29 is 24.0 Å². The van der Waals surface area contributed by atoms with Crippen LogP contribution in [0.3, 0.4) is 0 Å². The molecular formula is C25H17ClN2O6. The highest BCUT2D eigenvalue weighted by Gasteiger charge is 2.18. The van der Waals surface area contributed by atoms with Crippen molar-refractivity contribution >= 4 is 39.9 Å². The van der Waals surface area contributed by atoms with Gasteiger partial charge in [-0.15, -0.1) is 0 Å². The molecule has 0 bridgehead atoms. The van der Waals surface area contributed by atoms with Crippen molar-refractivity contribution in [3.8, 4) is 17.0 Å². The molecule has 0 saturated carbocycles. The summed E-state index contributed by atoms with van der Waals surface area (Å²) in [5.74, 6) is -0.532. The predicted molar refractivity (Wildman–Crippen MR) is 126 cm³/mol. The van der Waals surface area contributed by atoms with E-state index in [1.54, 1.807) is 43.5 Å². The van der Waals surface area contributed by atoms with Gasteiger partial charge in [0.05, 0.1) is 28.8 Å². The van der Waals surface area contributed by atoms with Gasteiger partial charge in [-0.3, -0.25) is 14.9 Å². The molecular weight excluding hydrogens is 460 g/mol. The first-order valence-corrected chi connectivity index (χ1v) is 10.4. The summed E-state index contributed by atoms with van der Waals surface area (Å²) in [5, 5.41) is 11.7. The third-order valence-corrected chi connectivity index (χ3v) is 5.35. The first kappa shape index (κ1) is 22.9. The van der Waals surface area contributed by atoms with Crippen LogP contribution in [0.4, 0.5) is 5.69 Å². The van der Waals surface area contributed by atoms with Crippen LogP contribution in [0.5, 0.6) is 5.75 Å². The summed E-state index contributed by atoms with van der Waals surface area (Å²) in [7, 11) is 1.57. The Labute approximate surface area is 198 Å². The maximum atomic E-state index is 13.0. The van der Waals surface area contributed by atoms with Gasteiger partial charge in [-0.05, 0) is 60.7 Å². The molecule has 0 spiro atoms. The van der Waals surface area contributed by atoms with Crippen LogP contribution < -0.4 is 4.74 Å². The molecule has 9 heteroatoms. The molecule has 0 N–H and O–H groups in total. The Morgan fingerprint density at radius 2 is 1.71 bits per heavy atom. The number of carbonyl (C=O) groups excluding carboxylic acids is 2. The Hall–Kier alpha value is -4.30. The quantitative estimate of drug-likeness (QED) is 0.150. The van der Waals surface area contributed by atoms with Crippen molar-refractivity contribution in [2.75, 3.05) is 13.7 Å². The third-order valence-electron chi connectivity index (χ3n) is 5.11. The lowest BCUT2D eigenvalue weighted by atomic mass is 10.0. The first-order chi connectivity index (χ1) is 16.4. The fourth-order valence-corrected chi connectivity index (χ4v) is 3.51. The molecule has 0 fully saturated rings. The maximum absolute atomic E-state index is 13.0. The smallest absolute Gasteiger partial charge is 0.339 e. The number of aromatic nitrogens is 1. The van der Waals surface area contributed by atoms with Gasteiger partial charge in [-0.1, -0.05) is 11.6 Å². The van der Waals surface area contributed by atoms with Gasteiger partial charge in [0, 0.05) is 33.7 Å². The number of rotatable bonds is 7. The van der Waals surface area contributed by atoms with Gasteiger partial charge in [-0.25, -0.2) is 9.78 Å². The Morgan fingerprint density at radius 1 is 1.00 bits per heavy atom. The number of Topliss-reactive ketones (excluding diaryl/α,β-unsaturated/α-hetero) is 1. The third kappa shape index (κ3) is 4.87. The largest absolute Gasteiger partial charge is 0.497 e. The summed E-state index contributed by atoms with van der Waals surface area (Å²) in [6, 6.07) is 18.8. The van der Waals surface area contributed by atoms with Gasteiger partial charge in [0.25, 0.3) is 5.69 Å². The number of methoxy groups -OCH3 is 1. The van der Waals surface area contributed by atoms with E-state index >= 15 is 0 Å². The molecule has 8 nitrogen and oxygen atoms in total. The Balaban J connectivity index is 1.62. The molecule has 170 valence electrons. The van der Waals surface area contributed by atoms with Gasteiger partial charge in [0.1, 0.15) is 5.75 Å². The summed E-state index contributed by atoms with van der Waals surface area (Å²) in [6.07, 6.45) is 0. The SMILES string of the molecule is COc1ccc(-c2cc(C(=O)OCC(=O)c3ccc([N+](=O)[O-])cc3)c3cc(Cl)ccc3n2)cc1. The van der Waals surface area contributed by atoms with E-state index in [4.69, 9.17) is 21.1 Å². The summed E-state index contributed by atoms with van der Waals surface area (Å²) in [4.78, 5) is 40.3. The molecule has 0 aliphatic heterocycles. The molecule has 1 heterocycles. The zero-order valence-electron chi connectivity index (χ0n) is 17.9. The number of non-ortho nitro benzene ring substituents is 1. The monoisotopic (exact) mass is 476 g/mol. The van der Waals surface area contributed by atoms with E-state index in [0.29, 0.717) is 27.4 Å². The van der Waals surface area contributed by atoms with E-state index in [0.717, 1.165) is 5.56 Å². The van der Waals surface area contributed by atoms with Crippen LogP contribution in [-0.2, 0) is 4.74 Å². The number of fused-ring (bicyclic) bond motifs is 1. The minimum atomic E-state index is -0.723. The van der Waals surface area contributed by atoms with Crippen LogP contribution in [0.1, 0.15) is 20.7 Å². The van der Waals surface area contributed by atoms with Crippen LogP contribution in [0.15, 0.2) is 72.8 Å². The number of ketones is 1. The number of carbonyl (C=O) groups is 2. The van der Waals surface area contributed by atoms with Gasteiger partial charge in [-0.2, -0.15) is 0 Å². The molecule has 34 heavy (non-hydrogen) atoms. The van der Waals surface area contributed by atoms with Crippen molar-refractivity contribution in [2.45, 2.75) is 0 Å². The van der Waals surface area contributed by atoms with Crippen molar-refractivity contribution in [1.29, 1.82) is 0 Å². The predicted octanol–water partition coefficient (Wildman–Crippen LogP) is 5.51. The van der Waals surface area contributed by atoms with Crippen LogP contribution in [0.25, 0.3) is 22.2 Å². The number of hydrogen-bond donors (Lipinski definition) is 0. The van der Waals surface area contributed by atoms with E-state index in [1.807, 2.05) is 12.1 Å². The van der Waals surface area contributed by atoms with Crippen molar-refractivity contribution in [2.24, 2.45) is 0 Å². The minimum absolute atomic E-state index is 0.139. The zero-order valence-corrected chi connectivity index (χ0v) is 18.6. The van der Waals surface area contributed by atoms with Gasteiger partial charge in [0.2, 0.25) is 0 Å². The number of ether oxygens (including phenoxy) is 2. The molecule has 4 rings (SSSR count). The summed E-state index contributed by atoms with van der Waals surface area (Å²) in [6.45, 7) is -0.529. The molecule has 0 aliphatic rings. The summed E-state index contributed by atoms with van der Waals surface area (Å²) >= 11 is 6.13. The van der Waals surface area contributed by atoms with E-state index in [1.165, 1.54) is 24.3 Å². The van der Waals surface area contributed by atoms with Gasteiger partial charge in [0.15, 0.2) is 12.4 Å². The average Bonchev–Trinajstić information content (AvgIpc) is 2.86. The number of nitro groups is 1. The molecule has 0 aliphatic carbocycles. The van der Waals surface area contributed by atoms with Crippen LogP contribution in [-0.4, -0.2) is 35.4 Å². The zero-order chi connectivity index (χ0) is 24.2. The highest BCUT2D eigenvalue weighted by molar-refractivity contribution is 6.31. The average molecular weight is 477 g/mol. The van der Waals surface area contributed by atoms with Gasteiger partial charge >= 0.3 is 5.97 Å². The summed E-state index contributed by atoms with van der Waals surface area (Å²) in [5.41, 5.74) is 2.08. The number of hydrogen-bond acceptors (Lipinski definition) is 7. The number of nitro benzene ring substituents is 1. The number of halogens is 1. The molecule has 0 amide bonds. The van der Waals surface area contributed by atoms with E-state index < -0.39 is 23.3 Å². The Kier molecular flexibility index (Phi) is 6.51. The normalized spacial score (nSPS) is 10.6. The highest BCUT2D eigenvalue weighted by atomic mass is 35.5. The van der Waals surface area contributed by atoms with Crippen LogP contribution in [0.2, 0.25) is 5.02 Å². The lowest BCUT2D eigenvalue weighted by Gasteiger charge is -2.11. The maximum Gasteiger partial charge on any atom is 0.339 e. The van der Waals surface area contributed by atoms with Crippen LogP contribution in [0, 0.1) is 10.1 Å². The molecule has 0 atom stereocenters. The fraction of sp³-hybridized carbons (Fsp3) is 0.0800. The van der Waals surface area contributed by atoms with E-state index in [-0.39, 0.29) is 16.8 Å². The lowest BCUT2D eigenvalue weighted by molar-refractivity contribution is -0.384. The summed E-state index contributed by atoms with van der Waals surface area (Å²) < 4.78 is 10.5. The highest BCUT2D eigenvalue weighted by Crippen LogP contribution is 2.28. The van der Waals surface area contributed by atoms with Crippen molar-refractivity contribution in [3.05, 3.63) is 99.1 Å². The first-order valence-electron chi connectivity index (χ1n) is 10.1. The van der Waals surface area contributed by atoms with E-state index in [9.17, 15) is 19.7 Å². The molecule has 1 aromatic heterocycles. The topological polar surface area (TPSA) is 109 Å². The Bertz CT molecular complexity index is 1400. The van der Waals surface area contributed by atoms with Gasteiger partial charge < -0.3 is 9.47 Å². The number of pyridine rings is 1. The second-order valence-corrected chi connectivity index (χ2v) is 7.68. The lowest BCUT2D eigenvalue weighted by Crippen LogP contribution is -2.15. The second-order valence-electron chi connectivity index (χ2n) is 7.25. The molecule has 3 aromatic carbocycles. The minimum Gasteiger partial charge on any atom is -0.497 e. The fourth-order valence-electron chi connectivity index (χ4n) is 3.34. The number of esters is 1. The molecule has 0 radical (unpaired) electrons. The standard InChI is InChI=1S/C25H17ClN2O6/c1-33-19-9-4-15(5-10-19)23-13-21(20-12-17(26)6-11-22(20)27-23)25(30)34-14-24(29)16-2-7-18(8-3-16)28(31)32/h2-13H,14H2,1H3. The molecule has 0 unspecified atom stereocenters. The molecule has 4 aromatic rings. The Morgan fingerprint density at radius 3 is 2.35 bits per heavy atom. The second kappa shape index (κ2) is 9.68. The molecule has 0 saturated heterocycles. The number of nitrogens with zero attached hydrogens (tertiary/aromatic N) is 2. The van der Waals surface area contributed by atoms with Crippen molar-refractivity contribution in [3.63, 3.8) is 0 Å². The number of benzene rings is 3. The van der Waals surface area contributed by atoms with Crippen LogP contribution >= 0.6 is 11.6 Å². The van der Waals surface area contributed by atoms with E-state index in [2.05, 4.69) is 4.98 Å².